The minimum Gasteiger partial charge on any atom is -0.493 e. The number of aryl methyl sites for hydroxylation is 1. The molecule has 1 heterocycles. The number of halogens is 1. The number of rotatable bonds is 4. The van der Waals surface area contributed by atoms with Gasteiger partial charge in [-0.3, -0.25) is 0 Å². The van der Waals surface area contributed by atoms with Gasteiger partial charge in [-0.2, -0.15) is 0 Å². The normalized spacial score (nSPS) is 15.7. The van der Waals surface area contributed by atoms with Crippen molar-refractivity contribution in [3.05, 3.63) is 28.3 Å². The highest BCUT2D eigenvalue weighted by Crippen LogP contribution is 2.33. The summed E-state index contributed by atoms with van der Waals surface area (Å²) in [6.45, 7) is 2.98. The van der Waals surface area contributed by atoms with Crippen LogP contribution in [0.15, 0.2) is 12.1 Å². The van der Waals surface area contributed by atoms with Gasteiger partial charge in [0.25, 0.3) is 0 Å². The first-order chi connectivity index (χ1) is 7.70. The van der Waals surface area contributed by atoms with Crippen molar-refractivity contribution in [2.45, 2.75) is 32.2 Å². The summed E-state index contributed by atoms with van der Waals surface area (Å²) in [7, 11) is 1.99. The predicted octanol–water partition coefficient (Wildman–Crippen LogP) is 2.82. The van der Waals surface area contributed by atoms with Crippen molar-refractivity contribution >= 4 is 11.6 Å². The lowest BCUT2D eigenvalue weighted by Crippen LogP contribution is -2.21. The molecule has 88 valence electrons. The second-order valence-corrected chi connectivity index (χ2v) is 4.82. The van der Waals surface area contributed by atoms with Crippen LogP contribution in [0.2, 0.25) is 5.02 Å². The third kappa shape index (κ3) is 2.50. The summed E-state index contributed by atoms with van der Waals surface area (Å²) in [6, 6.07) is 4.58. The van der Waals surface area contributed by atoms with Crippen LogP contribution in [0.4, 0.5) is 0 Å². The van der Waals surface area contributed by atoms with E-state index in [1.165, 1.54) is 11.1 Å². The molecule has 0 bridgehead atoms. The van der Waals surface area contributed by atoms with Gasteiger partial charge in [-0.25, -0.2) is 0 Å². The summed E-state index contributed by atoms with van der Waals surface area (Å²) in [6.07, 6.45) is 3.11. The molecule has 0 spiro atoms. The highest BCUT2D eigenvalue weighted by molar-refractivity contribution is 6.30. The molecule has 2 nitrogen and oxygen atoms in total. The minimum atomic E-state index is 0.524. The SMILES string of the molecule is CNC(C)CCc1cc(Cl)cc2c1OCC2. The maximum atomic E-state index is 6.11. The molecule has 0 radical (unpaired) electrons. The summed E-state index contributed by atoms with van der Waals surface area (Å²) in [4.78, 5) is 0. The van der Waals surface area contributed by atoms with Crippen molar-refractivity contribution in [2.24, 2.45) is 0 Å². The first-order valence-corrected chi connectivity index (χ1v) is 6.20. The van der Waals surface area contributed by atoms with Crippen molar-refractivity contribution in [3.8, 4) is 5.75 Å². The average Bonchev–Trinajstić information content (AvgIpc) is 2.73. The second kappa shape index (κ2) is 5.07. The quantitative estimate of drug-likeness (QED) is 0.873. The molecule has 16 heavy (non-hydrogen) atoms. The summed E-state index contributed by atoms with van der Waals surface area (Å²) < 4.78 is 5.67. The van der Waals surface area contributed by atoms with Gasteiger partial charge in [0, 0.05) is 17.5 Å². The minimum absolute atomic E-state index is 0.524. The molecule has 3 heteroatoms. The number of nitrogens with one attached hydrogen (secondary N) is 1. The Morgan fingerprint density at radius 1 is 1.50 bits per heavy atom. The van der Waals surface area contributed by atoms with Crippen molar-refractivity contribution in [2.75, 3.05) is 13.7 Å². The van der Waals surface area contributed by atoms with E-state index < -0.39 is 0 Å². The largest absolute Gasteiger partial charge is 0.493 e. The Labute approximate surface area is 102 Å². The molecule has 0 amide bonds. The molecule has 1 unspecified atom stereocenters. The van der Waals surface area contributed by atoms with Gasteiger partial charge < -0.3 is 10.1 Å². The predicted molar refractivity (Wildman–Crippen MR) is 67.5 cm³/mol. The molecule has 0 fully saturated rings. The fourth-order valence-corrected chi connectivity index (χ4v) is 2.31. The first-order valence-electron chi connectivity index (χ1n) is 5.82. The molecule has 1 aromatic rings. The second-order valence-electron chi connectivity index (χ2n) is 4.38. The molecule has 1 N–H and O–H groups in total. The van der Waals surface area contributed by atoms with E-state index in [-0.39, 0.29) is 0 Å². The fourth-order valence-electron chi connectivity index (χ4n) is 2.05. The van der Waals surface area contributed by atoms with E-state index in [1.807, 2.05) is 19.2 Å². The lowest BCUT2D eigenvalue weighted by molar-refractivity contribution is 0.352. The zero-order valence-corrected chi connectivity index (χ0v) is 10.6. The van der Waals surface area contributed by atoms with Crippen LogP contribution in [0.1, 0.15) is 24.5 Å². The van der Waals surface area contributed by atoms with Crippen LogP contribution in [-0.4, -0.2) is 19.7 Å². The van der Waals surface area contributed by atoms with Crippen molar-refractivity contribution in [3.63, 3.8) is 0 Å². The summed E-state index contributed by atoms with van der Waals surface area (Å²) in [5.41, 5.74) is 2.52. The maximum Gasteiger partial charge on any atom is 0.125 e. The van der Waals surface area contributed by atoms with E-state index in [0.29, 0.717) is 6.04 Å². The van der Waals surface area contributed by atoms with Gasteiger partial charge in [-0.1, -0.05) is 11.6 Å². The monoisotopic (exact) mass is 239 g/mol. The first kappa shape index (κ1) is 11.7. The third-order valence-electron chi connectivity index (χ3n) is 3.16. The molecule has 1 aliphatic rings. The summed E-state index contributed by atoms with van der Waals surface area (Å²) >= 11 is 6.11. The van der Waals surface area contributed by atoms with Crippen LogP contribution < -0.4 is 10.1 Å². The van der Waals surface area contributed by atoms with E-state index in [4.69, 9.17) is 16.3 Å². The van der Waals surface area contributed by atoms with E-state index in [1.54, 1.807) is 0 Å². The van der Waals surface area contributed by atoms with Crippen LogP contribution >= 0.6 is 11.6 Å². The molecule has 0 saturated carbocycles. The lowest BCUT2D eigenvalue weighted by Gasteiger charge is -2.12. The number of benzene rings is 1. The van der Waals surface area contributed by atoms with Crippen LogP contribution in [0.5, 0.6) is 5.75 Å². The average molecular weight is 240 g/mol. The Hall–Kier alpha value is -0.730. The van der Waals surface area contributed by atoms with E-state index in [2.05, 4.69) is 12.2 Å². The van der Waals surface area contributed by atoms with Crippen LogP contribution in [0.3, 0.4) is 0 Å². The van der Waals surface area contributed by atoms with E-state index in [9.17, 15) is 0 Å². The smallest absolute Gasteiger partial charge is 0.125 e. The van der Waals surface area contributed by atoms with Crippen molar-refractivity contribution in [1.82, 2.24) is 5.32 Å². The van der Waals surface area contributed by atoms with Gasteiger partial charge >= 0.3 is 0 Å². The lowest BCUT2D eigenvalue weighted by atomic mass is 10.0. The third-order valence-corrected chi connectivity index (χ3v) is 3.38. The molecule has 2 rings (SSSR count). The number of ether oxygens (including phenoxy) is 1. The number of hydrogen-bond donors (Lipinski definition) is 1. The van der Waals surface area contributed by atoms with Crippen molar-refractivity contribution < 1.29 is 4.74 Å². The summed E-state index contributed by atoms with van der Waals surface area (Å²) in [5.74, 6) is 1.08. The van der Waals surface area contributed by atoms with Gasteiger partial charge in [-0.15, -0.1) is 0 Å². The molecule has 0 saturated heterocycles. The van der Waals surface area contributed by atoms with Crippen LogP contribution in [0.25, 0.3) is 0 Å². The zero-order chi connectivity index (χ0) is 11.5. The van der Waals surface area contributed by atoms with Crippen molar-refractivity contribution in [1.29, 1.82) is 0 Å². The molecule has 1 aliphatic heterocycles. The van der Waals surface area contributed by atoms with Crippen LogP contribution in [0, 0.1) is 0 Å². The Balaban J connectivity index is 2.14. The number of fused-ring (bicyclic) bond motifs is 1. The van der Waals surface area contributed by atoms with Crippen LogP contribution in [-0.2, 0) is 12.8 Å². The Morgan fingerprint density at radius 3 is 3.06 bits per heavy atom. The van der Waals surface area contributed by atoms with Gasteiger partial charge in [0.1, 0.15) is 5.75 Å². The maximum absolute atomic E-state index is 6.11. The topological polar surface area (TPSA) is 21.3 Å². The molecule has 0 aliphatic carbocycles. The van der Waals surface area contributed by atoms with E-state index in [0.717, 1.165) is 36.6 Å². The van der Waals surface area contributed by atoms with Gasteiger partial charge in [0.2, 0.25) is 0 Å². The highest BCUT2D eigenvalue weighted by Gasteiger charge is 2.17. The van der Waals surface area contributed by atoms with Gasteiger partial charge in [0.15, 0.2) is 0 Å². The zero-order valence-electron chi connectivity index (χ0n) is 9.85. The van der Waals surface area contributed by atoms with Gasteiger partial charge in [0.05, 0.1) is 6.61 Å². The molecular formula is C13H18ClNO. The number of hydrogen-bond acceptors (Lipinski definition) is 2. The molecular weight excluding hydrogens is 222 g/mol. The molecule has 0 aromatic heterocycles. The van der Waals surface area contributed by atoms with Gasteiger partial charge in [-0.05, 0) is 50.1 Å². The summed E-state index contributed by atoms with van der Waals surface area (Å²) in [5, 5.41) is 4.07. The standard InChI is InChI=1S/C13H18ClNO/c1-9(15-2)3-4-10-7-12(14)8-11-5-6-16-13(10)11/h7-9,15H,3-6H2,1-2H3. The van der Waals surface area contributed by atoms with E-state index >= 15 is 0 Å². The Kier molecular flexibility index (Phi) is 3.72. The molecule has 1 atom stereocenters. The fraction of sp³-hybridized carbons (Fsp3) is 0.538. The highest BCUT2D eigenvalue weighted by atomic mass is 35.5. The Bertz CT molecular complexity index is 378. The molecule has 1 aromatic carbocycles. The Morgan fingerprint density at radius 2 is 2.31 bits per heavy atom.